The smallest absolute Gasteiger partial charge is 0.102 e. The summed E-state index contributed by atoms with van der Waals surface area (Å²) in [7, 11) is 0. The molecule has 1 saturated carbocycles. The Bertz CT molecular complexity index is 884. The lowest BCUT2D eigenvalue weighted by atomic mass is 9.69. The molecule has 0 spiro atoms. The standard InChI is InChI=1S/C18H14N2O2S2/c21-15-13(17-19-9-5-1-3-7-11(9)23-17)16(22)14(15)18-20-10-6-2-4-8-12(10)24-18/h1-8,13-16,21-22H. The SMILES string of the molecule is OC1C(c2nc3ccccc3s2)C(O)C1c1nc2ccccc2s1. The molecule has 0 atom stereocenters. The number of para-hydroxylation sites is 2. The zero-order chi connectivity index (χ0) is 16.3. The maximum atomic E-state index is 10.7. The van der Waals surface area contributed by atoms with Gasteiger partial charge in [-0.25, -0.2) is 9.97 Å². The zero-order valence-electron chi connectivity index (χ0n) is 12.5. The molecule has 0 saturated heterocycles. The summed E-state index contributed by atoms with van der Waals surface area (Å²) >= 11 is 3.09. The Kier molecular flexibility index (Phi) is 3.21. The van der Waals surface area contributed by atoms with E-state index in [2.05, 4.69) is 9.97 Å². The summed E-state index contributed by atoms with van der Waals surface area (Å²) in [5, 5.41) is 22.9. The molecule has 120 valence electrons. The number of thiazole rings is 2. The second kappa shape index (κ2) is 5.32. The van der Waals surface area contributed by atoms with Gasteiger partial charge in [0.05, 0.1) is 44.5 Å². The minimum Gasteiger partial charge on any atom is -0.391 e. The van der Waals surface area contributed by atoms with E-state index in [0.717, 1.165) is 30.4 Å². The highest BCUT2D eigenvalue weighted by Crippen LogP contribution is 2.50. The first kappa shape index (κ1) is 14.5. The molecule has 1 aliphatic carbocycles. The summed E-state index contributed by atoms with van der Waals surface area (Å²) in [4.78, 5) is 9.18. The topological polar surface area (TPSA) is 66.2 Å². The lowest BCUT2D eigenvalue weighted by Gasteiger charge is -2.44. The van der Waals surface area contributed by atoms with E-state index in [-0.39, 0.29) is 11.8 Å². The Labute approximate surface area is 146 Å². The van der Waals surface area contributed by atoms with Crippen LogP contribution in [0.1, 0.15) is 21.9 Å². The first-order valence-electron chi connectivity index (χ1n) is 7.79. The number of aliphatic hydroxyl groups is 2. The Morgan fingerprint density at radius 2 is 1.08 bits per heavy atom. The Balaban J connectivity index is 1.49. The van der Waals surface area contributed by atoms with Crippen LogP contribution in [0.4, 0.5) is 0 Å². The first-order valence-corrected chi connectivity index (χ1v) is 9.43. The highest BCUT2D eigenvalue weighted by Gasteiger charge is 2.53. The van der Waals surface area contributed by atoms with E-state index in [9.17, 15) is 10.2 Å². The molecule has 6 heteroatoms. The molecule has 4 aromatic rings. The van der Waals surface area contributed by atoms with Gasteiger partial charge in [0.1, 0.15) is 10.0 Å². The van der Waals surface area contributed by atoms with Crippen molar-refractivity contribution in [3.05, 3.63) is 58.5 Å². The van der Waals surface area contributed by atoms with E-state index in [1.54, 1.807) is 22.7 Å². The molecule has 0 unspecified atom stereocenters. The monoisotopic (exact) mass is 354 g/mol. The Morgan fingerprint density at radius 3 is 1.50 bits per heavy atom. The number of aliphatic hydroxyl groups excluding tert-OH is 2. The second-order valence-electron chi connectivity index (χ2n) is 6.07. The summed E-state index contributed by atoms with van der Waals surface area (Å²) in [6.07, 6.45) is -1.30. The third-order valence-electron chi connectivity index (χ3n) is 4.66. The predicted octanol–water partition coefficient (Wildman–Crippen LogP) is 3.51. The van der Waals surface area contributed by atoms with E-state index in [1.807, 2.05) is 48.5 Å². The van der Waals surface area contributed by atoms with Gasteiger partial charge in [0.25, 0.3) is 0 Å². The number of fused-ring (bicyclic) bond motifs is 2. The highest BCUT2D eigenvalue weighted by molar-refractivity contribution is 7.19. The van der Waals surface area contributed by atoms with Crippen molar-refractivity contribution in [1.29, 1.82) is 0 Å². The van der Waals surface area contributed by atoms with E-state index in [1.165, 1.54) is 0 Å². The number of hydrogen-bond donors (Lipinski definition) is 2. The van der Waals surface area contributed by atoms with Crippen LogP contribution in [0.2, 0.25) is 0 Å². The zero-order valence-corrected chi connectivity index (χ0v) is 14.2. The third-order valence-corrected chi connectivity index (χ3v) is 6.94. The molecule has 2 N–H and O–H groups in total. The van der Waals surface area contributed by atoms with Crippen molar-refractivity contribution in [2.75, 3.05) is 0 Å². The maximum absolute atomic E-state index is 10.7. The van der Waals surface area contributed by atoms with Gasteiger partial charge >= 0.3 is 0 Å². The molecular formula is C18H14N2O2S2. The van der Waals surface area contributed by atoms with Gasteiger partial charge in [0.2, 0.25) is 0 Å². The fourth-order valence-electron chi connectivity index (χ4n) is 3.35. The fourth-order valence-corrected chi connectivity index (χ4v) is 5.65. The van der Waals surface area contributed by atoms with Crippen molar-refractivity contribution in [2.45, 2.75) is 24.0 Å². The molecule has 0 aliphatic heterocycles. The Hall–Kier alpha value is -1.86. The minimum absolute atomic E-state index is 0.334. The van der Waals surface area contributed by atoms with Crippen LogP contribution in [0.15, 0.2) is 48.5 Å². The van der Waals surface area contributed by atoms with Crippen LogP contribution in [0.25, 0.3) is 20.4 Å². The lowest BCUT2D eigenvalue weighted by Crippen LogP contribution is -2.51. The minimum atomic E-state index is -0.652. The fraction of sp³-hybridized carbons (Fsp3) is 0.222. The van der Waals surface area contributed by atoms with Crippen molar-refractivity contribution < 1.29 is 10.2 Å². The summed E-state index contributed by atoms with van der Waals surface area (Å²) < 4.78 is 2.16. The molecule has 2 aromatic heterocycles. The van der Waals surface area contributed by atoms with Gasteiger partial charge in [-0.2, -0.15) is 0 Å². The van der Waals surface area contributed by atoms with Crippen LogP contribution < -0.4 is 0 Å². The van der Waals surface area contributed by atoms with E-state index < -0.39 is 12.2 Å². The average Bonchev–Trinajstić information content (AvgIpc) is 3.17. The molecule has 5 rings (SSSR count). The summed E-state index contributed by atoms with van der Waals surface area (Å²) in [5.74, 6) is -0.668. The van der Waals surface area contributed by atoms with Gasteiger partial charge < -0.3 is 10.2 Å². The van der Waals surface area contributed by atoms with E-state index in [0.29, 0.717) is 0 Å². The maximum Gasteiger partial charge on any atom is 0.102 e. The van der Waals surface area contributed by atoms with Crippen LogP contribution in [0.5, 0.6) is 0 Å². The largest absolute Gasteiger partial charge is 0.391 e. The van der Waals surface area contributed by atoms with Crippen LogP contribution in [-0.2, 0) is 0 Å². The number of rotatable bonds is 2. The van der Waals surface area contributed by atoms with E-state index >= 15 is 0 Å². The number of benzene rings is 2. The molecule has 2 heterocycles. The van der Waals surface area contributed by atoms with Crippen LogP contribution in [-0.4, -0.2) is 32.4 Å². The quantitative estimate of drug-likeness (QED) is 0.578. The van der Waals surface area contributed by atoms with Crippen molar-refractivity contribution >= 4 is 43.1 Å². The van der Waals surface area contributed by atoms with Crippen molar-refractivity contribution in [3.63, 3.8) is 0 Å². The number of nitrogens with zero attached hydrogens (tertiary/aromatic N) is 2. The van der Waals surface area contributed by atoms with Gasteiger partial charge in [-0.3, -0.25) is 0 Å². The molecule has 0 bridgehead atoms. The van der Waals surface area contributed by atoms with Crippen LogP contribution in [0, 0.1) is 0 Å². The average molecular weight is 354 g/mol. The second-order valence-corrected chi connectivity index (χ2v) is 8.20. The molecule has 4 nitrogen and oxygen atoms in total. The van der Waals surface area contributed by atoms with Crippen molar-refractivity contribution in [1.82, 2.24) is 9.97 Å². The van der Waals surface area contributed by atoms with E-state index in [4.69, 9.17) is 0 Å². The summed E-state index contributed by atoms with van der Waals surface area (Å²) in [6.45, 7) is 0. The van der Waals surface area contributed by atoms with Crippen LogP contribution in [0.3, 0.4) is 0 Å². The van der Waals surface area contributed by atoms with Gasteiger partial charge in [-0.1, -0.05) is 24.3 Å². The lowest BCUT2D eigenvalue weighted by molar-refractivity contribution is -0.0784. The van der Waals surface area contributed by atoms with Gasteiger partial charge in [-0.15, -0.1) is 22.7 Å². The van der Waals surface area contributed by atoms with Gasteiger partial charge in [0.15, 0.2) is 0 Å². The first-order chi connectivity index (χ1) is 11.7. The number of hydrogen-bond acceptors (Lipinski definition) is 6. The molecular weight excluding hydrogens is 340 g/mol. The molecule has 0 amide bonds. The molecule has 1 fully saturated rings. The molecule has 24 heavy (non-hydrogen) atoms. The highest BCUT2D eigenvalue weighted by atomic mass is 32.1. The number of aromatic nitrogens is 2. The normalized spacial score (nSPS) is 26.8. The Morgan fingerprint density at radius 1 is 0.667 bits per heavy atom. The molecule has 2 aromatic carbocycles. The summed E-state index contributed by atoms with van der Waals surface area (Å²) in [6, 6.07) is 15.8. The molecule has 0 radical (unpaired) electrons. The van der Waals surface area contributed by atoms with Gasteiger partial charge in [0, 0.05) is 0 Å². The third kappa shape index (κ3) is 2.04. The van der Waals surface area contributed by atoms with Gasteiger partial charge in [-0.05, 0) is 24.3 Å². The summed E-state index contributed by atoms with van der Waals surface area (Å²) in [5.41, 5.74) is 1.83. The molecule has 1 aliphatic rings. The van der Waals surface area contributed by atoms with Crippen molar-refractivity contribution in [3.8, 4) is 0 Å². The van der Waals surface area contributed by atoms with Crippen LogP contribution >= 0.6 is 22.7 Å². The predicted molar refractivity (Wildman–Crippen MR) is 96.7 cm³/mol. The van der Waals surface area contributed by atoms with Crippen molar-refractivity contribution in [2.24, 2.45) is 0 Å².